The fraction of sp³-hybridized carbons (Fsp3) is 0.600. The van der Waals surface area contributed by atoms with Crippen molar-refractivity contribution in [3.8, 4) is 5.75 Å². The molecule has 0 heterocycles. The summed E-state index contributed by atoms with van der Waals surface area (Å²) in [6.45, 7) is 4.08. The highest BCUT2D eigenvalue weighted by Gasteiger charge is 2.53. The first-order chi connectivity index (χ1) is 9.33. The lowest BCUT2D eigenvalue weighted by atomic mass is 9.62. The van der Waals surface area contributed by atoms with E-state index in [-0.39, 0.29) is 22.6 Å². The van der Waals surface area contributed by atoms with Crippen LogP contribution in [0.4, 0.5) is 13.2 Å². The number of rotatable bonds is 4. The summed E-state index contributed by atoms with van der Waals surface area (Å²) in [6, 6.07) is 5.03. The molecule has 1 saturated carbocycles. The van der Waals surface area contributed by atoms with Crippen LogP contribution < -0.4 is 4.74 Å². The van der Waals surface area contributed by atoms with Gasteiger partial charge in [-0.15, -0.1) is 11.6 Å². The zero-order valence-electron chi connectivity index (χ0n) is 11.5. The van der Waals surface area contributed by atoms with Crippen LogP contribution >= 0.6 is 11.6 Å². The highest BCUT2D eigenvalue weighted by Crippen LogP contribution is 2.52. The van der Waals surface area contributed by atoms with Crippen molar-refractivity contribution in [2.24, 2.45) is 5.41 Å². The molecule has 0 radical (unpaired) electrons. The predicted octanol–water partition coefficient (Wildman–Crippen LogP) is 5.27. The Hall–Kier alpha value is -0.900. The first-order valence-corrected chi connectivity index (χ1v) is 7.25. The van der Waals surface area contributed by atoms with Crippen molar-refractivity contribution in [2.75, 3.05) is 0 Å². The zero-order valence-corrected chi connectivity index (χ0v) is 12.3. The minimum absolute atomic E-state index is 0.0355. The Balaban J connectivity index is 2.15. The highest BCUT2D eigenvalue weighted by molar-refractivity contribution is 6.21. The molecule has 0 aliphatic heterocycles. The van der Waals surface area contributed by atoms with Crippen molar-refractivity contribution in [2.45, 2.75) is 50.8 Å². The van der Waals surface area contributed by atoms with E-state index in [4.69, 9.17) is 16.3 Å². The number of alkyl halides is 4. The molecular weight excluding hydrogens is 289 g/mol. The maximum atomic E-state index is 12.7. The van der Waals surface area contributed by atoms with E-state index in [1.165, 1.54) is 6.07 Å². The second-order valence-corrected chi connectivity index (χ2v) is 5.80. The summed E-state index contributed by atoms with van der Waals surface area (Å²) in [5, 5.41) is 0.0355. The van der Waals surface area contributed by atoms with Gasteiger partial charge < -0.3 is 4.74 Å². The van der Waals surface area contributed by atoms with Crippen LogP contribution in [0.5, 0.6) is 5.75 Å². The number of hydrogen-bond acceptors (Lipinski definition) is 1. The van der Waals surface area contributed by atoms with Crippen LogP contribution in [0.3, 0.4) is 0 Å². The van der Waals surface area contributed by atoms with Gasteiger partial charge in [0.2, 0.25) is 0 Å². The topological polar surface area (TPSA) is 9.23 Å². The van der Waals surface area contributed by atoms with Gasteiger partial charge in [0.15, 0.2) is 0 Å². The van der Waals surface area contributed by atoms with Crippen molar-refractivity contribution in [1.82, 2.24) is 0 Å². The van der Waals surface area contributed by atoms with E-state index >= 15 is 0 Å². The second-order valence-electron chi connectivity index (χ2n) is 5.28. The lowest BCUT2D eigenvalue weighted by Gasteiger charge is -2.52. The molecule has 1 aromatic carbocycles. The third-order valence-electron chi connectivity index (χ3n) is 4.44. The van der Waals surface area contributed by atoms with Crippen LogP contribution in [-0.4, -0.2) is 11.5 Å². The van der Waals surface area contributed by atoms with Gasteiger partial charge in [-0.3, -0.25) is 0 Å². The van der Waals surface area contributed by atoms with Crippen molar-refractivity contribution in [1.29, 1.82) is 0 Å². The monoisotopic (exact) mass is 306 g/mol. The molecule has 20 heavy (non-hydrogen) atoms. The van der Waals surface area contributed by atoms with Crippen LogP contribution in [0.1, 0.15) is 38.7 Å². The molecule has 2 unspecified atom stereocenters. The molecule has 1 fully saturated rings. The van der Waals surface area contributed by atoms with Crippen molar-refractivity contribution < 1.29 is 17.9 Å². The first kappa shape index (κ1) is 15.5. The standard InChI is InChI=1S/C15H18ClF3O/c1-3-14(4-2)12(16)9-13(14)20-11-7-5-6-10(8-11)15(17,18)19/h5-8,12-13H,3-4,9H2,1-2H3. The van der Waals surface area contributed by atoms with Gasteiger partial charge in [0.05, 0.1) is 5.56 Å². The molecule has 0 aromatic heterocycles. The molecule has 1 aliphatic carbocycles. The summed E-state index contributed by atoms with van der Waals surface area (Å²) in [7, 11) is 0. The fourth-order valence-corrected chi connectivity index (χ4v) is 3.53. The van der Waals surface area contributed by atoms with Crippen LogP contribution in [0.15, 0.2) is 24.3 Å². The Labute approximate surface area is 122 Å². The average Bonchev–Trinajstić information content (AvgIpc) is 2.39. The number of hydrogen-bond donors (Lipinski definition) is 0. The molecule has 5 heteroatoms. The van der Waals surface area contributed by atoms with E-state index in [2.05, 4.69) is 0 Å². The van der Waals surface area contributed by atoms with E-state index in [9.17, 15) is 13.2 Å². The van der Waals surface area contributed by atoms with Crippen molar-refractivity contribution in [3.05, 3.63) is 29.8 Å². The summed E-state index contributed by atoms with van der Waals surface area (Å²) < 4.78 is 43.8. The van der Waals surface area contributed by atoms with Crippen LogP contribution in [0.2, 0.25) is 0 Å². The van der Waals surface area contributed by atoms with E-state index in [0.717, 1.165) is 25.0 Å². The van der Waals surface area contributed by atoms with E-state index in [1.54, 1.807) is 6.07 Å². The normalized spacial score (nSPS) is 25.1. The Morgan fingerprint density at radius 1 is 1.30 bits per heavy atom. The van der Waals surface area contributed by atoms with Gasteiger partial charge in [0, 0.05) is 17.2 Å². The molecule has 1 nitrogen and oxygen atoms in total. The van der Waals surface area contributed by atoms with Gasteiger partial charge in [0.1, 0.15) is 11.9 Å². The minimum atomic E-state index is -4.35. The molecular formula is C15H18ClF3O. The largest absolute Gasteiger partial charge is 0.490 e. The summed E-state index contributed by atoms with van der Waals surface area (Å²) in [5.74, 6) is 0.264. The maximum Gasteiger partial charge on any atom is 0.416 e. The van der Waals surface area contributed by atoms with Gasteiger partial charge >= 0.3 is 6.18 Å². The van der Waals surface area contributed by atoms with Gasteiger partial charge in [-0.05, 0) is 31.0 Å². The lowest BCUT2D eigenvalue weighted by molar-refractivity contribution is -0.137. The molecule has 1 aliphatic rings. The predicted molar refractivity (Wildman–Crippen MR) is 73.1 cm³/mol. The lowest BCUT2D eigenvalue weighted by Crippen LogP contribution is -2.56. The van der Waals surface area contributed by atoms with Gasteiger partial charge in [-0.1, -0.05) is 19.9 Å². The second kappa shape index (κ2) is 5.47. The molecule has 0 bridgehead atoms. The van der Waals surface area contributed by atoms with E-state index < -0.39 is 11.7 Å². The molecule has 112 valence electrons. The van der Waals surface area contributed by atoms with Crippen LogP contribution in [0, 0.1) is 5.41 Å². The molecule has 2 atom stereocenters. The van der Waals surface area contributed by atoms with E-state index in [0.29, 0.717) is 6.42 Å². The van der Waals surface area contributed by atoms with E-state index in [1.807, 2.05) is 13.8 Å². The molecule has 0 N–H and O–H groups in total. The Morgan fingerprint density at radius 2 is 1.95 bits per heavy atom. The summed E-state index contributed by atoms with van der Waals surface area (Å²) in [4.78, 5) is 0. The van der Waals surface area contributed by atoms with Crippen molar-refractivity contribution in [3.63, 3.8) is 0 Å². The Morgan fingerprint density at radius 3 is 2.45 bits per heavy atom. The summed E-state index contributed by atoms with van der Waals surface area (Å²) >= 11 is 6.28. The number of benzene rings is 1. The molecule has 2 rings (SSSR count). The van der Waals surface area contributed by atoms with Gasteiger partial charge in [-0.25, -0.2) is 0 Å². The van der Waals surface area contributed by atoms with Crippen LogP contribution in [0.25, 0.3) is 0 Å². The minimum Gasteiger partial charge on any atom is -0.490 e. The fourth-order valence-electron chi connectivity index (χ4n) is 2.92. The molecule has 0 saturated heterocycles. The quantitative estimate of drug-likeness (QED) is 0.689. The number of ether oxygens (including phenoxy) is 1. The molecule has 0 spiro atoms. The van der Waals surface area contributed by atoms with Crippen molar-refractivity contribution >= 4 is 11.6 Å². The highest BCUT2D eigenvalue weighted by atomic mass is 35.5. The third kappa shape index (κ3) is 2.62. The molecule has 1 aromatic rings. The Kier molecular flexibility index (Phi) is 4.24. The first-order valence-electron chi connectivity index (χ1n) is 6.81. The third-order valence-corrected chi connectivity index (χ3v) is 5.06. The van der Waals surface area contributed by atoms with Gasteiger partial charge in [-0.2, -0.15) is 13.2 Å². The average molecular weight is 307 g/mol. The summed E-state index contributed by atoms with van der Waals surface area (Å²) in [6.07, 6.45) is -2.05. The summed E-state index contributed by atoms with van der Waals surface area (Å²) in [5.41, 5.74) is -0.814. The van der Waals surface area contributed by atoms with Crippen LogP contribution in [-0.2, 0) is 6.18 Å². The SMILES string of the molecule is CCC1(CC)C(Cl)CC1Oc1cccc(C(F)(F)F)c1. The smallest absolute Gasteiger partial charge is 0.416 e. The Bertz CT molecular complexity index is 468. The molecule has 0 amide bonds. The maximum absolute atomic E-state index is 12.7. The zero-order chi connectivity index (χ0) is 15.0. The number of halogens is 4. The van der Waals surface area contributed by atoms with Gasteiger partial charge in [0.25, 0.3) is 0 Å².